The Morgan fingerprint density at radius 2 is 1.90 bits per heavy atom. The van der Waals surface area contributed by atoms with E-state index in [0.717, 1.165) is 41.9 Å². The first kappa shape index (κ1) is 18.4. The van der Waals surface area contributed by atoms with Crippen LogP contribution >= 0.6 is 0 Å². The fraction of sp³-hybridized carbons (Fsp3) is 0.238. The zero-order valence-corrected chi connectivity index (χ0v) is 15.9. The number of nitrogens with zero attached hydrogens (tertiary/aromatic N) is 4. The molecule has 0 spiro atoms. The third kappa shape index (κ3) is 3.12. The van der Waals surface area contributed by atoms with Crippen LogP contribution in [0.5, 0.6) is 11.5 Å². The van der Waals surface area contributed by atoms with Gasteiger partial charge < -0.3 is 14.0 Å². The number of alkyl halides is 2. The molecule has 0 atom stereocenters. The maximum Gasteiger partial charge on any atom is 0.586 e. The zero-order valence-electron chi connectivity index (χ0n) is 15.9. The summed E-state index contributed by atoms with van der Waals surface area (Å²) in [6, 6.07) is 10.2. The van der Waals surface area contributed by atoms with Crippen molar-refractivity contribution in [3.8, 4) is 22.6 Å². The van der Waals surface area contributed by atoms with Gasteiger partial charge in [0.15, 0.2) is 23.6 Å². The van der Waals surface area contributed by atoms with Gasteiger partial charge in [-0.2, -0.15) is 0 Å². The van der Waals surface area contributed by atoms with Crippen LogP contribution in [0.4, 0.5) is 14.5 Å². The summed E-state index contributed by atoms with van der Waals surface area (Å²) in [7, 11) is 0. The van der Waals surface area contributed by atoms with E-state index in [0.29, 0.717) is 17.8 Å². The van der Waals surface area contributed by atoms with Gasteiger partial charge in [-0.05, 0) is 54.3 Å². The number of rotatable bonds is 4. The van der Waals surface area contributed by atoms with Gasteiger partial charge in [-0.3, -0.25) is 4.79 Å². The fourth-order valence-corrected chi connectivity index (χ4v) is 3.73. The van der Waals surface area contributed by atoms with Crippen LogP contribution in [0.1, 0.15) is 23.6 Å². The standard InChI is InChI=1S/C21H16F2N4O3/c1-12-9-17-18(30-21(22,23)29-17)10-15(12)13-4-6-14(7-5-13)24-16(11-28)20-26-25-19-3-2-8-27(19)20/h4-7,9-11H,2-3,8H2,1H3. The van der Waals surface area contributed by atoms with Crippen LogP contribution in [0.2, 0.25) is 0 Å². The molecule has 5 rings (SSSR count). The van der Waals surface area contributed by atoms with Gasteiger partial charge in [-0.15, -0.1) is 19.0 Å². The summed E-state index contributed by atoms with van der Waals surface area (Å²) in [6.45, 7) is 2.57. The first-order valence-electron chi connectivity index (χ1n) is 9.41. The number of aldehydes is 1. The largest absolute Gasteiger partial charge is 0.586 e. The van der Waals surface area contributed by atoms with E-state index in [9.17, 15) is 13.6 Å². The number of aryl methyl sites for hydroxylation is 2. The zero-order chi connectivity index (χ0) is 20.9. The second-order valence-corrected chi connectivity index (χ2v) is 7.14. The maximum atomic E-state index is 13.3. The second kappa shape index (κ2) is 6.72. The number of carbonyl (C=O) groups excluding carboxylic acids is 1. The highest BCUT2D eigenvalue weighted by atomic mass is 19.3. The van der Waals surface area contributed by atoms with Crippen molar-refractivity contribution in [2.75, 3.05) is 0 Å². The smallest absolute Gasteiger partial charge is 0.395 e. The lowest BCUT2D eigenvalue weighted by molar-refractivity contribution is -0.286. The van der Waals surface area contributed by atoms with Crippen LogP contribution in [-0.4, -0.2) is 33.1 Å². The van der Waals surface area contributed by atoms with Crippen LogP contribution < -0.4 is 9.47 Å². The first-order valence-corrected chi connectivity index (χ1v) is 9.41. The summed E-state index contributed by atoms with van der Waals surface area (Å²) in [4.78, 5) is 16.0. The SMILES string of the molecule is Cc1cc2c(cc1-c1ccc(N=C(C=O)c3nnc4n3CCC4)cc1)OC(F)(F)O2. The van der Waals surface area contributed by atoms with Gasteiger partial charge in [0.1, 0.15) is 11.5 Å². The molecular formula is C21H16F2N4O3. The molecule has 0 unspecified atom stereocenters. The Hall–Kier alpha value is -3.62. The molecule has 0 radical (unpaired) electrons. The summed E-state index contributed by atoms with van der Waals surface area (Å²) >= 11 is 0. The molecule has 2 aromatic carbocycles. The fourth-order valence-electron chi connectivity index (χ4n) is 3.73. The molecule has 3 aromatic rings. The average Bonchev–Trinajstić information content (AvgIpc) is 3.39. The monoisotopic (exact) mass is 410 g/mol. The number of benzene rings is 2. The highest BCUT2D eigenvalue weighted by Crippen LogP contribution is 2.44. The minimum atomic E-state index is -3.65. The Kier molecular flexibility index (Phi) is 4.12. The summed E-state index contributed by atoms with van der Waals surface area (Å²) < 4.78 is 37.6. The van der Waals surface area contributed by atoms with Gasteiger partial charge in [0.2, 0.25) is 0 Å². The van der Waals surface area contributed by atoms with Gasteiger partial charge in [-0.1, -0.05) is 12.1 Å². The van der Waals surface area contributed by atoms with Gasteiger partial charge in [0, 0.05) is 13.0 Å². The van der Waals surface area contributed by atoms with Crippen molar-refractivity contribution in [1.29, 1.82) is 0 Å². The summed E-state index contributed by atoms with van der Waals surface area (Å²) in [5.74, 6) is 1.33. The van der Waals surface area contributed by atoms with E-state index < -0.39 is 6.29 Å². The molecule has 7 nitrogen and oxygen atoms in total. The van der Waals surface area contributed by atoms with Gasteiger partial charge in [0.05, 0.1) is 5.69 Å². The Balaban J connectivity index is 1.45. The molecule has 0 aliphatic carbocycles. The molecule has 0 bridgehead atoms. The molecule has 0 saturated heterocycles. The number of ether oxygens (including phenoxy) is 2. The Morgan fingerprint density at radius 3 is 2.63 bits per heavy atom. The molecule has 30 heavy (non-hydrogen) atoms. The second-order valence-electron chi connectivity index (χ2n) is 7.14. The lowest BCUT2D eigenvalue weighted by Crippen LogP contribution is -2.25. The quantitative estimate of drug-likeness (QED) is 0.482. The van der Waals surface area contributed by atoms with E-state index in [2.05, 4.69) is 24.7 Å². The van der Waals surface area contributed by atoms with Gasteiger partial charge in [-0.25, -0.2) is 4.99 Å². The number of hydrogen-bond acceptors (Lipinski definition) is 6. The summed E-state index contributed by atoms with van der Waals surface area (Å²) in [5.41, 5.74) is 3.07. The number of halogens is 2. The van der Waals surface area contributed by atoms with Crippen molar-refractivity contribution in [3.05, 3.63) is 53.6 Å². The van der Waals surface area contributed by atoms with Gasteiger partial charge in [0.25, 0.3) is 0 Å². The molecular weight excluding hydrogens is 394 g/mol. The van der Waals surface area contributed by atoms with Crippen molar-refractivity contribution in [1.82, 2.24) is 14.8 Å². The van der Waals surface area contributed by atoms with Crippen LogP contribution in [-0.2, 0) is 17.8 Å². The molecule has 2 aliphatic rings. The minimum Gasteiger partial charge on any atom is -0.395 e. The van der Waals surface area contributed by atoms with Crippen LogP contribution in [0.15, 0.2) is 41.4 Å². The molecule has 9 heteroatoms. The average molecular weight is 410 g/mol. The summed E-state index contributed by atoms with van der Waals surface area (Å²) in [6.07, 6.45) is -1.17. The molecule has 0 amide bonds. The predicted octanol–water partition coefficient (Wildman–Crippen LogP) is 3.84. The predicted molar refractivity (Wildman–Crippen MR) is 103 cm³/mol. The van der Waals surface area contributed by atoms with Crippen molar-refractivity contribution < 1.29 is 23.0 Å². The lowest BCUT2D eigenvalue weighted by Gasteiger charge is -2.08. The van der Waals surface area contributed by atoms with Crippen molar-refractivity contribution in [2.24, 2.45) is 4.99 Å². The van der Waals surface area contributed by atoms with E-state index in [-0.39, 0.29) is 17.2 Å². The molecule has 1 aromatic heterocycles. The Morgan fingerprint density at radius 1 is 1.17 bits per heavy atom. The number of hydrogen-bond donors (Lipinski definition) is 0. The number of fused-ring (bicyclic) bond motifs is 2. The Labute approximate surface area is 170 Å². The third-order valence-corrected chi connectivity index (χ3v) is 5.13. The normalized spacial score (nSPS) is 16.6. The highest BCUT2D eigenvalue weighted by Gasteiger charge is 2.43. The van der Waals surface area contributed by atoms with E-state index in [1.54, 1.807) is 31.2 Å². The molecule has 2 aliphatic heterocycles. The topological polar surface area (TPSA) is 78.6 Å². The molecule has 3 heterocycles. The highest BCUT2D eigenvalue weighted by molar-refractivity contribution is 6.35. The number of carbonyl (C=O) groups is 1. The third-order valence-electron chi connectivity index (χ3n) is 5.13. The molecule has 152 valence electrons. The van der Waals surface area contributed by atoms with E-state index in [1.807, 2.05) is 4.57 Å². The van der Waals surface area contributed by atoms with Crippen LogP contribution in [0.25, 0.3) is 11.1 Å². The van der Waals surface area contributed by atoms with Crippen molar-refractivity contribution in [3.63, 3.8) is 0 Å². The Bertz CT molecular complexity index is 1190. The number of aromatic nitrogens is 3. The lowest BCUT2D eigenvalue weighted by atomic mass is 9.99. The number of aliphatic imine (C=N–C) groups is 1. The van der Waals surface area contributed by atoms with Crippen LogP contribution in [0, 0.1) is 6.92 Å². The maximum absolute atomic E-state index is 13.3. The van der Waals surface area contributed by atoms with Gasteiger partial charge >= 0.3 is 6.29 Å². The minimum absolute atomic E-state index is 0.00778. The van der Waals surface area contributed by atoms with Crippen LogP contribution in [0.3, 0.4) is 0 Å². The molecule has 0 N–H and O–H groups in total. The molecule has 0 saturated carbocycles. The first-order chi connectivity index (χ1) is 14.4. The van der Waals surface area contributed by atoms with E-state index >= 15 is 0 Å². The van der Waals surface area contributed by atoms with Crippen molar-refractivity contribution >= 4 is 17.7 Å². The summed E-state index contributed by atoms with van der Waals surface area (Å²) in [5, 5.41) is 8.20. The van der Waals surface area contributed by atoms with Crippen molar-refractivity contribution in [2.45, 2.75) is 32.6 Å². The molecule has 0 fully saturated rings. The van der Waals surface area contributed by atoms with E-state index in [4.69, 9.17) is 0 Å². The van der Waals surface area contributed by atoms with E-state index in [1.165, 1.54) is 12.1 Å².